The summed E-state index contributed by atoms with van der Waals surface area (Å²) >= 11 is 5.85. The number of rotatable bonds is 0. The molecule has 1 aromatic rings. The van der Waals surface area contributed by atoms with Gasteiger partial charge in [-0.2, -0.15) is 0 Å². The molecule has 13 heavy (non-hydrogen) atoms. The Balaban J connectivity index is 2.44. The molecular weight excluding hydrogens is 186 g/mol. The normalized spacial score (nSPS) is 27.0. The van der Waals surface area contributed by atoms with E-state index in [0.717, 1.165) is 29.0 Å². The van der Waals surface area contributed by atoms with Crippen LogP contribution in [0.3, 0.4) is 0 Å². The molecule has 0 spiro atoms. The number of benzene rings is 1. The quantitative estimate of drug-likeness (QED) is 0.665. The van der Waals surface area contributed by atoms with Crippen molar-refractivity contribution in [3.63, 3.8) is 0 Å². The van der Waals surface area contributed by atoms with E-state index in [4.69, 9.17) is 17.3 Å². The lowest BCUT2D eigenvalue weighted by Crippen LogP contribution is -2.32. The lowest BCUT2D eigenvalue weighted by Gasteiger charge is -2.27. The van der Waals surface area contributed by atoms with Gasteiger partial charge in [0.05, 0.1) is 6.10 Å². The first-order valence-electron chi connectivity index (χ1n) is 4.40. The molecule has 3 heteroatoms. The van der Waals surface area contributed by atoms with Crippen molar-refractivity contribution in [3.8, 4) is 0 Å². The van der Waals surface area contributed by atoms with E-state index >= 15 is 0 Å². The molecule has 0 fully saturated rings. The van der Waals surface area contributed by atoms with E-state index in [1.807, 2.05) is 12.1 Å². The second kappa shape index (κ2) is 3.29. The van der Waals surface area contributed by atoms with Crippen LogP contribution in [-0.2, 0) is 6.42 Å². The molecule has 2 atom stereocenters. The van der Waals surface area contributed by atoms with Crippen LogP contribution >= 0.6 is 11.6 Å². The van der Waals surface area contributed by atoms with E-state index < -0.39 is 6.10 Å². The zero-order valence-electron chi connectivity index (χ0n) is 7.20. The number of fused-ring (bicyclic) bond motifs is 1. The van der Waals surface area contributed by atoms with Gasteiger partial charge in [0.15, 0.2) is 0 Å². The first-order chi connectivity index (χ1) is 6.18. The minimum absolute atomic E-state index is 0.131. The van der Waals surface area contributed by atoms with E-state index in [2.05, 4.69) is 0 Å². The molecule has 0 aromatic heterocycles. The Morgan fingerprint density at radius 2 is 2.23 bits per heavy atom. The Bertz CT molecular complexity index is 327. The second-order valence-electron chi connectivity index (χ2n) is 3.49. The molecule has 0 bridgehead atoms. The topological polar surface area (TPSA) is 46.2 Å². The minimum atomic E-state index is -0.527. The van der Waals surface area contributed by atoms with Crippen LogP contribution in [0.4, 0.5) is 0 Å². The highest BCUT2D eigenvalue weighted by Crippen LogP contribution is 2.30. The molecule has 0 amide bonds. The van der Waals surface area contributed by atoms with Gasteiger partial charge >= 0.3 is 0 Å². The zero-order valence-corrected chi connectivity index (χ0v) is 7.96. The zero-order chi connectivity index (χ0) is 9.42. The van der Waals surface area contributed by atoms with Crippen LogP contribution in [0.25, 0.3) is 0 Å². The third-order valence-electron chi connectivity index (χ3n) is 2.58. The van der Waals surface area contributed by atoms with Crippen LogP contribution < -0.4 is 5.73 Å². The van der Waals surface area contributed by atoms with E-state index in [1.54, 1.807) is 6.07 Å². The SMILES string of the molecule is N[C@@H]1CCc2cc(Cl)ccc2[C@@H]1O. The Kier molecular flexibility index (Phi) is 2.28. The molecule has 1 aliphatic rings. The molecule has 0 unspecified atom stereocenters. The van der Waals surface area contributed by atoms with Crippen LogP contribution in [0.1, 0.15) is 23.7 Å². The van der Waals surface area contributed by atoms with E-state index in [0.29, 0.717) is 0 Å². The predicted octanol–water partition coefficient (Wildman–Crippen LogP) is 1.65. The summed E-state index contributed by atoms with van der Waals surface area (Å²) in [5, 5.41) is 10.5. The number of hydrogen-bond acceptors (Lipinski definition) is 2. The average molecular weight is 198 g/mol. The summed E-state index contributed by atoms with van der Waals surface area (Å²) in [6.07, 6.45) is 1.21. The van der Waals surface area contributed by atoms with Crippen LogP contribution in [-0.4, -0.2) is 11.1 Å². The van der Waals surface area contributed by atoms with Gasteiger partial charge in [0.2, 0.25) is 0 Å². The third kappa shape index (κ3) is 1.57. The first kappa shape index (κ1) is 9.00. The Morgan fingerprint density at radius 1 is 1.46 bits per heavy atom. The number of halogens is 1. The Labute approximate surface area is 82.3 Å². The molecule has 2 rings (SSSR count). The fourth-order valence-corrected chi connectivity index (χ4v) is 1.98. The maximum atomic E-state index is 9.75. The summed E-state index contributed by atoms with van der Waals surface area (Å²) in [5.41, 5.74) is 7.81. The number of nitrogens with two attached hydrogens (primary N) is 1. The van der Waals surface area contributed by atoms with Crippen molar-refractivity contribution in [3.05, 3.63) is 34.3 Å². The van der Waals surface area contributed by atoms with Gasteiger partial charge in [-0.1, -0.05) is 17.7 Å². The summed E-state index contributed by atoms with van der Waals surface area (Å²) in [7, 11) is 0. The fraction of sp³-hybridized carbons (Fsp3) is 0.400. The van der Waals surface area contributed by atoms with Crippen LogP contribution in [0, 0.1) is 0 Å². The summed E-state index contributed by atoms with van der Waals surface area (Å²) < 4.78 is 0. The van der Waals surface area contributed by atoms with Gasteiger partial charge in [-0.25, -0.2) is 0 Å². The summed E-state index contributed by atoms with van der Waals surface area (Å²) in [5.74, 6) is 0. The van der Waals surface area contributed by atoms with Gasteiger partial charge in [-0.05, 0) is 36.1 Å². The molecule has 0 heterocycles. The Morgan fingerprint density at radius 3 is 3.00 bits per heavy atom. The van der Waals surface area contributed by atoms with Crippen molar-refractivity contribution in [2.45, 2.75) is 25.0 Å². The highest BCUT2D eigenvalue weighted by Gasteiger charge is 2.24. The van der Waals surface area contributed by atoms with Gasteiger partial charge in [0, 0.05) is 11.1 Å². The maximum absolute atomic E-state index is 9.75. The molecule has 1 aromatic carbocycles. The molecule has 70 valence electrons. The van der Waals surface area contributed by atoms with E-state index in [1.165, 1.54) is 0 Å². The smallest absolute Gasteiger partial charge is 0.0943 e. The van der Waals surface area contributed by atoms with E-state index in [-0.39, 0.29) is 6.04 Å². The molecule has 2 nitrogen and oxygen atoms in total. The minimum Gasteiger partial charge on any atom is -0.387 e. The highest BCUT2D eigenvalue weighted by molar-refractivity contribution is 6.30. The molecule has 0 saturated heterocycles. The van der Waals surface area contributed by atoms with Crippen molar-refractivity contribution >= 4 is 11.6 Å². The molecule has 0 radical (unpaired) electrons. The first-order valence-corrected chi connectivity index (χ1v) is 4.78. The highest BCUT2D eigenvalue weighted by atomic mass is 35.5. The number of aliphatic hydroxyl groups is 1. The van der Waals surface area contributed by atoms with Crippen molar-refractivity contribution in [2.24, 2.45) is 5.73 Å². The fourth-order valence-electron chi connectivity index (χ4n) is 1.79. The molecule has 0 saturated carbocycles. The lowest BCUT2D eigenvalue weighted by atomic mass is 9.86. The average Bonchev–Trinajstić information content (AvgIpc) is 2.12. The van der Waals surface area contributed by atoms with Gasteiger partial charge < -0.3 is 10.8 Å². The monoisotopic (exact) mass is 197 g/mol. The van der Waals surface area contributed by atoms with Crippen LogP contribution in [0.5, 0.6) is 0 Å². The summed E-state index contributed by atoms with van der Waals surface area (Å²) in [6, 6.07) is 5.43. The van der Waals surface area contributed by atoms with Crippen molar-refractivity contribution in [1.82, 2.24) is 0 Å². The predicted molar refractivity (Wildman–Crippen MR) is 52.7 cm³/mol. The maximum Gasteiger partial charge on any atom is 0.0943 e. The summed E-state index contributed by atoms with van der Waals surface area (Å²) in [6.45, 7) is 0. The van der Waals surface area contributed by atoms with E-state index in [9.17, 15) is 5.11 Å². The molecule has 1 aliphatic carbocycles. The second-order valence-corrected chi connectivity index (χ2v) is 3.93. The number of aliphatic hydroxyl groups excluding tert-OH is 1. The number of aryl methyl sites for hydroxylation is 1. The van der Waals surface area contributed by atoms with Crippen molar-refractivity contribution in [1.29, 1.82) is 0 Å². The van der Waals surface area contributed by atoms with Crippen LogP contribution in [0.2, 0.25) is 5.02 Å². The summed E-state index contributed by atoms with van der Waals surface area (Å²) in [4.78, 5) is 0. The van der Waals surface area contributed by atoms with Gasteiger partial charge in [-0.3, -0.25) is 0 Å². The standard InChI is InChI=1S/C10H12ClNO/c11-7-2-3-8-6(5-7)1-4-9(12)10(8)13/h2-3,5,9-10,13H,1,4,12H2/t9-,10+/m1/s1. The Hall–Kier alpha value is -0.570. The van der Waals surface area contributed by atoms with Crippen molar-refractivity contribution in [2.75, 3.05) is 0 Å². The van der Waals surface area contributed by atoms with Gasteiger partial charge in [0.25, 0.3) is 0 Å². The molecule has 3 N–H and O–H groups in total. The largest absolute Gasteiger partial charge is 0.387 e. The number of hydrogen-bond donors (Lipinski definition) is 2. The lowest BCUT2D eigenvalue weighted by molar-refractivity contribution is 0.134. The molecule has 0 aliphatic heterocycles. The van der Waals surface area contributed by atoms with Crippen LogP contribution in [0.15, 0.2) is 18.2 Å². The van der Waals surface area contributed by atoms with Gasteiger partial charge in [0.1, 0.15) is 0 Å². The molecular formula is C10H12ClNO. The van der Waals surface area contributed by atoms with Crippen molar-refractivity contribution < 1.29 is 5.11 Å². The third-order valence-corrected chi connectivity index (χ3v) is 2.81. The van der Waals surface area contributed by atoms with Gasteiger partial charge in [-0.15, -0.1) is 0 Å².